The fraction of sp³-hybridized carbons (Fsp3) is 0.455. The molecule has 0 fully saturated rings. The molecule has 0 aliphatic heterocycles. The standard InChI is InChI=1S/C11H19N5O3S/c1-2-6-13-11(17)5-7-15-20(18,19)9-3-4-10(16-12)14-8-9/h3-4,8,15H,2,5-7,12H2,1H3,(H,13,17)(H,14,16). The number of amides is 1. The molecule has 1 rings (SSSR count). The third-order valence-electron chi connectivity index (χ3n) is 2.41. The summed E-state index contributed by atoms with van der Waals surface area (Å²) in [5, 5.41) is 2.67. The number of nitrogens with zero attached hydrogens (tertiary/aromatic N) is 1. The zero-order chi connectivity index (χ0) is 15.0. The lowest BCUT2D eigenvalue weighted by Crippen LogP contribution is -2.31. The van der Waals surface area contributed by atoms with Crippen molar-refractivity contribution in [1.82, 2.24) is 15.0 Å². The number of aromatic nitrogens is 1. The van der Waals surface area contributed by atoms with Crippen molar-refractivity contribution in [1.29, 1.82) is 0 Å². The van der Waals surface area contributed by atoms with Gasteiger partial charge in [-0.2, -0.15) is 0 Å². The highest BCUT2D eigenvalue weighted by Gasteiger charge is 2.14. The zero-order valence-corrected chi connectivity index (χ0v) is 12.0. The van der Waals surface area contributed by atoms with Crippen molar-refractivity contribution < 1.29 is 13.2 Å². The molecule has 1 amide bonds. The minimum absolute atomic E-state index is 0.0190. The highest BCUT2D eigenvalue weighted by atomic mass is 32.2. The van der Waals surface area contributed by atoms with Crippen LogP contribution in [0.1, 0.15) is 19.8 Å². The average molecular weight is 301 g/mol. The van der Waals surface area contributed by atoms with Crippen LogP contribution in [0, 0.1) is 0 Å². The number of hydrogen-bond acceptors (Lipinski definition) is 6. The monoisotopic (exact) mass is 301 g/mol. The summed E-state index contributed by atoms with van der Waals surface area (Å²) < 4.78 is 26.1. The van der Waals surface area contributed by atoms with Crippen LogP contribution in [-0.2, 0) is 14.8 Å². The van der Waals surface area contributed by atoms with E-state index in [9.17, 15) is 13.2 Å². The molecule has 1 heterocycles. The second kappa shape index (κ2) is 7.78. The van der Waals surface area contributed by atoms with Gasteiger partial charge in [0.1, 0.15) is 10.7 Å². The number of sulfonamides is 1. The molecule has 0 atom stereocenters. The Labute approximate surface area is 118 Å². The Kier molecular flexibility index (Phi) is 6.36. The van der Waals surface area contributed by atoms with Crippen LogP contribution in [0.5, 0.6) is 0 Å². The smallest absolute Gasteiger partial charge is 0.242 e. The molecule has 0 unspecified atom stereocenters. The van der Waals surface area contributed by atoms with Crippen LogP contribution in [0.4, 0.5) is 5.82 Å². The summed E-state index contributed by atoms with van der Waals surface area (Å²) >= 11 is 0. The average Bonchev–Trinajstić information content (AvgIpc) is 2.45. The zero-order valence-electron chi connectivity index (χ0n) is 11.2. The number of hydrazine groups is 1. The van der Waals surface area contributed by atoms with Crippen LogP contribution in [0.3, 0.4) is 0 Å². The number of anilines is 1. The molecule has 0 aromatic carbocycles. The second-order valence-electron chi connectivity index (χ2n) is 4.02. The largest absolute Gasteiger partial charge is 0.356 e. The second-order valence-corrected chi connectivity index (χ2v) is 5.79. The molecule has 0 aliphatic carbocycles. The highest BCUT2D eigenvalue weighted by molar-refractivity contribution is 7.89. The number of rotatable bonds is 8. The summed E-state index contributed by atoms with van der Waals surface area (Å²) in [5.41, 5.74) is 2.30. The van der Waals surface area contributed by atoms with Crippen LogP contribution in [-0.4, -0.2) is 32.4 Å². The minimum atomic E-state index is -3.66. The van der Waals surface area contributed by atoms with Crippen LogP contribution in [0.15, 0.2) is 23.2 Å². The van der Waals surface area contributed by atoms with Crippen LogP contribution < -0.4 is 21.3 Å². The van der Waals surface area contributed by atoms with E-state index in [1.807, 2.05) is 6.92 Å². The third kappa shape index (κ3) is 5.11. The summed E-state index contributed by atoms with van der Waals surface area (Å²) in [6.07, 6.45) is 2.12. The lowest BCUT2D eigenvalue weighted by Gasteiger charge is -2.07. The molecule has 0 bridgehead atoms. The van der Waals surface area contributed by atoms with Crippen molar-refractivity contribution in [2.45, 2.75) is 24.7 Å². The lowest BCUT2D eigenvalue weighted by atomic mass is 10.4. The van der Waals surface area contributed by atoms with E-state index < -0.39 is 10.0 Å². The van der Waals surface area contributed by atoms with Gasteiger partial charge in [-0.05, 0) is 18.6 Å². The van der Waals surface area contributed by atoms with Gasteiger partial charge in [-0.25, -0.2) is 24.0 Å². The van der Waals surface area contributed by atoms with Crippen molar-refractivity contribution in [3.63, 3.8) is 0 Å². The topological polar surface area (TPSA) is 126 Å². The summed E-state index contributed by atoms with van der Waals surface area (Å²) in [5.74, 6) is 5.32. The van der Waals surface area contributed by atoms with E-state index in [4.69, 9.17) is 5.84 Å². The van der Waals surface area contributed by atoms with Crippen molar-refractivity contribution in [2.75, 3.05) is 18.5 Å². The number of pyridine rings is 1. The van der Waals surface area contributed by atoms with Gasteiger partial charge in [0.05, 0.1) is 0 Å². The highest BCUT2D eigenvalue weighted by Crippen LogP contribution is 2.09. The fourth-order valence-electron chi connectivity index (χ4n) is 1.36. The van der Waals surface area contributed by atoms with Crippen LogP contribution in [0.2, 0.25) is 0 Å². The predicted molar refractivity (Wildman–Crippen MR) is 75.2 cm³/mol. The van der Waals surface area contributed by atoms with Crippen molar-refractivity contribution >= 4 is 21.7 Å². The van der Waals surface area contributed by atoms with Gasteiger partial charge in [0.15, 0.2) is 0 Å². The Balaban J connectivity index is 2.50. The van der Waals surface area contributed by atoms with Crippen molar-refractivity contribution in [3.05, 3.63) is 18.3 Å². The number of nitrogens with two attached hydrogens (primary N) is 1. The minimum Gasteiger partial charge on any atom is -0.356 e. The van der Waals surface area contributed by atoms with Crippen LogP contribution in [0.25, 0.3) is 0 Å². The van der Waals surface area contributed by atoms with Gasteiger partial charge in [-0.1, -0.05) is 6.92 Å². The van der Waals surface area contributed by atoms with Gasteiger partial charge in [0.25, 0.3) is 0 Å². The third-order valence-corrected chi connectivity index (χ3v) is 3.86. The molecule has 8 nitrogen and oxygen atoms in total. The Morgan fingerprint density at radius 3 is 2.65 bits per heavy atom. The Hall–Kier alpha value is -1.71. The predicted octanol–water partition coefficient (Wildman–Crippen LogP) is -0.438. The summed E-state index contributed by atoms with van der Waals surface area (Å²) in [6.45, 7) is 2.56. The number of nitrogen functional groups attached to an aromatic ring is 1. The first-order valence-electron chi connectivity index (χ1n) is 6.18. The Morgan fingerprint density at radius 1 is 1.35 bits per heavy atom. The Morgan fingerprint density at radius 2 is 2.10 bits per heavy atom. The van der Waals surface area contributed by atoms with E-state index >= 15 is 0 Å². The van der Waals surface area contributed by atoms with E-state index in [1.54, 1.807) is 0 Å². The van der Waals surface area contributed by atoms with Crippen molar-refractivity contribution in [2.24, 2.45) is 5.84 Å². The normalized spacial score (nSPS) is 11.1. The lowest BCUT2D eigenvalue weighted by molar-refractivity contribution is -0.120. The first-order valence-corrected chi connectivity index (χ1v) is 7.67. The molecule has 0 radical (unpaired) electrons. The maximum Gasteiger partial charge on any atom is 0.242 e. The molecule has 9 heteroatoms. The molecular formula is C11H19N5O3S. The van der Waals surface area contributed by atoms with Crippen molar-refractivity contribution in [3.8, 4) is 0 Å². The molecular weight excluding hydrogens is 282 g/mol. The summed E-state index contributed by atoms with van der Waals surface area (Å²) in [6, 6.07) is 2.82. The molecule has 112 valence electrons. The molecule has 1 aromatic rings. The van der Waals surface area contributed by atoms with Gasteiger partial charge in [-0.3, -0.25) is 4.79 Å². The number of carbonyl (C=O) groups is 1. The van der Waals surface area contributed by atoms with E-state index in [-0.39, 0.29) is 23.8 Å². The first-order chi connectivity index (χ1) is 9.49. The van der Waals surface area contributed by atoms with E-state index in [1.165, 1.54) is 18.3 Å². The van der Waals surface area contributed by atoms with Gasteiger partial charge >= 0.3 is 0 Å². The molecule has 0 aliphatic rings. The van der Waals surface area contributed by atoms with Gasteiger partial charge in [0, 0.05) is 25.7 Å². The molecule has 0 spiro atoms. The molecule has 1 aromatic heterocycles. The molecule has 5 N–H and O–H groups in total. The fourth-order valence-corrected chi connectivity index (χ4v) is 2.34. The quantitative estimate of drug-likeness (QED) is 0.381. The SMILES string of the molecule is CCCNC(=O)CCNS(=O)(=O)c1ccc(NN)nc1. The summed E-state index contributed by atoms with van der Waals surface area (Å²) in [7, 11) is -3.66. The van der Waals surface area contributed by atoms with Crippen LogP contribution >= 0.6 is 0 Å². The maximum atomic E-state index is 11.9. The van der Waals surface area contributed by atoms with E-state index in [0.29, 0.717) is 12.4 Å². The van der Waals surface area contributed by atoms with Gasteiger partial charge < -0.3 is 10.7 Å². The Bertz CT molecular complexity index is 529. The number of nitrogens with one attached hydrogen (secondary N) is 3. The van der Waals surface area contributed by atoms with E-state index in [2.05, 4.69) is 20.4 Å². The molecule has 0 saturated heterocycles. The van der Waals surface area contributed by atoms with Gasteiger partial charge in [0.2, 0.25) is 15.9 Å². The molecule has 20 heavy (non-hydrogen) atoms. The number of carbonyl (C=O) groups excluding carboxylic acids is 1. The number of hydrogen-bond donors (Lipinski definition) is 4. The molecule has 0 saturated carbocycles. The van der Waals surface area contributed by atoms with Gasteiger partial charge in [-0.15, -0.1) is 0 Å². The first kappa shape index (κ1) is 16.3. The maximum absolute atomic E-state index is 11.9. The van der Waals surface area contributed by atoms with E-state index in [0.717, 1.165) is 6.42 Å². The summed E-state index contributed by atoms with van der Waals surface area (Å²) in [4.78, 5) is 15.2.